The van der Waals surface area contributed by atoms with Gasteiger partial charge < -0.3 is 31.1 Å². The first-order chi connectivity index (χ1) is 21.0. The Morgan fingerprint density at radius 1 is 1.09 bits per heavy atom. The van der Waals surface area contributed by atoms with Gasteiger partial charge >= 0.3 is 6.18 Å². The van der Waals surface area contributed by atoms with Gasteiger partial charge in [-0.15, -0.1) is 0 Å². The number of amides is 1. The van der Waals surface area contributed by atoms with Gasteiger partial charge in [-0.2, -0.15) is 13.2 Å². The molecule has 6 N–H and O–H groups in total. The topological polar surface area (TPSA) is 165 Å². The summed E-state index contributed by atoms with van der Waals surface area (Å²) >= 11 is 0. The molecule has 1 aromatic carbocycles. The molecule has 13 heteroatoms. The summed E-state index contributed by atoms with van der Waals surface area (Å²) in [4.78, 5) is 42.5. The molecule has 0 saturated heterocycles. The maximum absolute atomic E-state index is 14.8. The van der Waals surface area contributed by atoms with Crippen LogP contribution in [-0.4, -0.2) is 87.0 Å². The number of rotatable bonds is 7. The van der Waals surface area contributed by atoms with E-state index in [1.807, 2.05) is 0 Å². The molecule has 0 aliphatic heterocycles. The summed E-state index contributed by atoms with van der Waals surface area (Å²) in [6, 6.07) is -0.315. The van der Waals surface area contributed by atoms with Crippen LogP contribution < -0.4 is 5.73 Å². The normalized spacial score (nSPS) is 27.6. The molecule has 4 atom stereocenters. The maximum atomic E-state index is 14.8. The predicted octanol–water partition coefficient (Wildman–Crippen LogP) is 3.54. The summed E-state index contributed by atoms with van der Waals surface area (Å²) in [6.45, 7) is 0.440. The van der Waals surface area contributed by atoms with Crippen LogP contribution in [0.15, 0.2) is 28.7 Å². The molecule has 1 amide bonds. The third kappa shape index (κ3) is 5.42. The largest absolute Gasteiger partial charge is 0.510 e. The van der Waals surface area contributed by atoms with Crippen molar-refractivity contribution in [3.8, 4) is 5.75 Å². The number of alkyl halides is 3. The standard InChI is InChI=1S/C32H40F3N3O7/c1-37(2)25-19-12-16-11-18-22(26(40)21(16)28(42)31(19,45)29(43)23(27(25)41)30(36)44)20(39)13-17(24(18)32(33,34)35)14-38(3)10-9-15-7-5-4-6-8-15/h13,15-16,19,25,39,41-42,45H,4-12,14H2,1-3H3,(H2,36,44)/t16-,19-,25-,31-/m0/s1. The Balaban J connectivity index is 1.58. The number of halogens is 3. The van der Waals surface area contributed by atoms with Crippen molar-refractivity contribution >= 4 is 17.5 Å². The minimum absolute atomic E-state index is 0.122. The molecular formula is C32H40F3N3O7. The van der Waals surface area contributed by atoms with Crippen molar-refractivity contribution in [2.45, 2.75) is 75.7 Å². The molecular weight excluding hydrogens is 595 g/mol. The molecule has 0 unspecified atom stereocenters. The van der Waals surface area contributed by atoms with Crippen LogP contribution in [0.25, 0.3) is 0 Å². The van der Waals surface area contributed by atoms with E-state index in [0.717, 1.165) is 38.2 Å². The Hall–Kier alpha value is -3.42. The summed E-state index contributed by atoms with van der Waals surface area (Å²) in [7, 11) is 4.67. The van der Waals surface area contributed by atoms with Crippen LogP contribution >= 0.6 is 0 Å². The second-order valence-electron chi connectivity index (χ2n) is 13.3. The second-order valence-corrected chi connectivity index (χ2v) is 13.3. The number of carbonyl (C=O) groups excluding carboxylic acids is 3. The monoisotopic (exact) mass is 635 g/mol. The number of Topliss-reactive ketones (excluding diaryl/α,β-unsaturated/α-hetero) is 2. The first-order valence-electron chi connectivity index (χ1n) is 15.3. The van der Waals surface area contributed by atoms with Crippen LogP contribution in [0.2, 0.25) is 0 Å². The van der Waals surface area contributed by atoms with E-state index in [0.29, 0.717) is 12.5 Å². The first kappa shape index (κ1) is 33.0. The molecule has 246 valence electrons. The molecule has 1 fully saturated rings. The number of hydrogen-bond acceptors (Lipinski definition) is 9. The van der Waals surface area contributed by atoms with E-state index >= 15 is 0 Å². The number of primary amides is 1. The van der Waals surface area contributed by atoms with Crippen molar-refractivity contribution in [1.29, 1.82) is 0 Å². The van der Waals surface area contributed by atoms with Gasteiger partial charge in [0, 0.05) is 18.0 Å². The van der Waals surface area contributed by atoms with E-state index in [1.165, 1.54) is 25.4 Å². The zero-order valence-electron chi connectivity index (χ0n) is 25.6. The molecule has 0 bridgehead atoms. The first-order valence-corrected chi connectivity index (χ1v) is 15.3. The Morgan fingerprint density at radius 3 is 2.31 bits per heavy atom. The molecule has 0 aromatic heterocycles. The number of fused-ring (bicyclic) bond motifs is 3. The van der Waals surface area contributed by atoms with Gasteiger partial charge in [0.25, 0.3) is 5.91 Å². The number of nitrogens with zero attached hydrogens (tertiary/aromatic N) is 2. The van der Waals surface area contributed by atoms with Crippen LogP contribution in [0, 0.1) is 17.8 Å². The van der Waals surface area contributed by atoms with Gasteiger partial charge in [-0.1, -0.05) is 32.1 Å². The molecule has 4 aliphatic rings. The van der Waals surface area contributed by atoms with Crippen LogP contribution in [0.5, 0.6) is 5.75 Å². The fraction of sp³-hybridized carbons (Fsp3) is 0.594. The van der Waals surface area contributed by atoms with Crippen LogP contribution in [-0.2, 0) is 28.7 Å². The third-order valence-electron chi connectivity index (χ3n) is 10.2. The number of phenols is 1. The highest BCUT2D eigenvalue weighted by molar-refractivity contribution is 6.24. The highest BCUT2D eigenvalue weighted by atomic mass is 19.4. The lowest BCUT2D eigenvalue weighted by Gasteiger charge is -2.50. The van der Waals surface area contributed by atoms with Gasteiger partial charge in [-0.05, 0) is 76.0 Å². The average Bonchev–Trinajstić information content (AvgIpc) is 2.93. The fourth-order valence-electron chi connectivity index (χ4n) is 8.12. The van der Waals surface area contributed by atoms with E-state index in [1.54, 1.807) is 11.9 Å². The Bertz CT molecular complexity index is 1500. The number of aromatic hydroxyl groups is 1. The Kier molecular flexibility index (Phi) is 8.60. The second kappa shape index (κ2) is 11.7. The van der Waals surface area contributed by atoms with Gasteiger partial charge in [0.2, 0.25) is 5.78 Å². The summed E-state index contributed by atoms with van der Waals surface area (Å²) < 4.78 is 44.4. The van der Waals surface area contributed by atoms with E-state index in [-0.39, 0.29) is 18.5 Å². The number of aliphatic hydroxyl groups is 3. The van der Waals surface area contributed by atoms with Gasteiger partial charge in [-0.3, -0.25) is 19.3 Å². The minimum Gasteiger partial charge on any atom is -0.510 e. The lowest BCUT2D eigenvalue weighted by molar-refractivity contribution is -0.148. The maximum Gasteiger partial charge on any atom is 0.417 e. The zero-order chi connectivity index (χ0) is 33.2. The number of likely N-dealkylation sites (N-methyl/N-ethyl adjacent to an activating group) is 1. The molecule has 0 spiro atoms. The predicted molar refractivity (Wildman–Crippen MR) is 156 cm³/mol. The van der Waals surface area contributed by atoms with Crippen molar-refractivity contribution in [3.63, 3.8) is 0 Å². The lowest BCUT2D eigenvalue weighted by Crippen LogP contribution is -2.63. The molecule has 10 nitrogen and oxygen atoms in total. The summed E-state index contributed by atoms with van der Waals surface area (Å²) in [5, 5.41) is 44.9. The van der Waals surface area contributed by atoms with Crippen molar-refractivity contribution in [2.24, 2.45) is 23.5 Å². The van der Waals surface area contributed by atoms with Gasteiger partial charge in [0.05, 0.1) is 17.2 Å². The van der Waals surface area contributed by atoms with Crippen molar-refractivity contribution in [1.82, 2.24) is 9.80 Å². The molecule has 1 saturated carbocycles. The number of ketones is 2. The summed E-state index contributed by atoms with van der Waals surface area (Å²) in [5.41, 5.74) is -1.30. The smallest absolute Gasteiger partial charge is 0.417 e. The third-order valence-corrected chi connectivity index (χ3v) is 10.2. The number of carbonyl (C=O) groups is 3. The van der Waals surface area contributed by atoms with Gasteiger partial charge in [0.1, 0.15) is 22.8 Å². The van der Waals surface area contributed by atoms with E-state index in [9.17, 15) is 48.0 Å². The molecule has 45 heavy (non-hydrogen) atoms. The van der Waals surface area contributed by atoms with E-state index in [2.05, 4.69) is 0 Å². The number of phenolic OH excluding ortho intramolecular Hbond substituents is 1. The SMILES string of the molecule is CN(CCC1CCCCC1)Cc1cc(O)c2c(c1C(F)(F)F)C[C@H]1C[C@H]3[C@H](N(C)C)C(O)=C(C(N)=O)C(=O)[C@@]3(O)C(O)=C1C2=O. The summed E-state index contributed by atoms with van der Waals surface area (Å²) in [6.07, 6.45) is 0.919. The average molecular weight is 636 g/mol. The zero-order valence-corrected chi connectivity index (χ0v) is 25.6. The highest BCUT2D eigenvalue weighted by Crippen LogP contribution is 2.54. The fourth-order valence-corrected chi connectivity index (χ4v) is 8.12. The molecule has 5 rings (SSSR count). The Morgan fingerprint density at radius 2 is 1.73 bits per heavy atom. The van der Waals surface area contributed by atoms with Crippen molar-refractivity contribution in [3.05, 3.63) is 51.0 Å². The number of aliphatic hydroxyl groups excluding tert-OH is 2. The quantitative estimate of drug-likeness (QED) is 0.282. The summed E-state index contributed by atoms with van der Waals surface area (Å²) in [5.74, 6) is -8.42. The number of allylic oxidation sites excluding steroid dienone is 1. The molecule has 0 radical (unpaired) electrons. The minimum atomic E-state index is -4.89. The number of benzene rings is 1. The van der Waals surface area contributed by atoms with Crippen LogP contribution in [0.3, 0.4) is 0 Å². The van der Waals surface area contributed by atoms with Crippen LogP contribution in [0.1, 0.15) is 72.0 Å². The van der Waals surface area contributed by atoms with E-state index in [4.69, 9.17) is 5.73 Å². The highest BCUT2D eigenvalue weighted by Gasteiger charge is 2.63. The van der Waals surface area contributed by atoms with Gasteiger partial charge in [0.15, 0.2) is 11.4 Å². The van der Waals surface area contributed by atoms with Gasteiger partial charge in [-0.25, -0.2) is 0 Å². The number of hydrogen-bond donors (Lipinski definition) is 5. The van der Waals surface area contributed by atoms with Crippen molar-refractivity contribution < 1.29 is 48.0 Å². The molecule has 1 aromatic rings. The molecule has 0 heterocycles. The number of nitrogens with two attached hydrogens (primary N) is 1. The van der Waals surface area contributed by atoms with E-state index < -0.39 is 98.7 Å². The van der Waals surface area contributed by atoms with Crippen LogP contribution in [0.4, 0.5) is 13.2 Å². The Labute approximate surface area is 259 Å². The molecule has 4 aliphatic carbocycles. The van der Waals surface area contributed by atoms with Crippen molar-refractivity contribution in [2.75, 3.05) is 27.7 Å². The lowest BCUT2D eigenvalue weighted by atomic mass is 9.58.